The van der Waals surface area contributed by atoms with Gasteiger partial charge in [-0.1, -0.05) is 11.6 Å². The molecule has 1 aromatic heterocycles. The van der Waals surface area contributed by atoms with E-state index in [1.54, 1.807) is 18.5 Å². The number of hydrogen-bond acceptors (Lipinski definition) is 5. The molecule has 2 rings (SSSR count). The number of nitrogens with zero attached hydrogens (tertiary/aromatic N) is 3. The van der Waals surface area contributed by atoms with Gasteiger partial charge in [0.1, 0.15) is 17.0 Å². The fraction of sp³-hybridized carbons (Fsp3) is 0.273. The predicted molar refractivity (Wildman–Crippen MR) is 75.6 cm³/mol. The van der Waals surface area contributed by atoms with Gasteiger partial charge in [0.25, 0.3) is 0 Å². The highest BCUT2D eigenvalue weighted by Gasteiger charge is 2.25. The molecule has 0 aliphatic heterocycles. The minimum absolute atomic E-state index is 0.0283. The number of rotatable bonds is 4. The van der Waals surface area contributed by atoms with Crippen LogP contribution in [0.2, 0.25) is 5.02 Å². The molecule has 114 valence electrons. The maximum atomic E-state index is 13.9. The van der Waals surface area contributed by atoms with Crippen molar-refractivity contribution in [3.05, 3.63) is 35.1 Å². The molecule has 1 aromatic carbocycles. The molecule has 1 unspecified atom stereocenters. The van der Waals surface area contributed by atoms with E-state index in [9.17, 15) is 12.8 Å². The number of halogens is 2. The Balaban J connectivity index is 2.38. The Morgan fingerprint density at radius 1 is 1.48 bits per heavy atom. The van der Waals surface area contributed by atoms with E-state index in [1.165, 1.54) is 6.33 Å². The summed E-state index contributed by atoms with van der Waals surface area (Å²) in [7, 11) is -2.48. The Morgan fingerprint density at radius 3 is 2.71 bits per heavy atom. The monoisotopic (exact) mass is 333 g/mol. The third-order valence-corrected chi connectivity index (χ3v) is 4.55. The van der Waals surface area contributed by atoms with E-state index in [1.807, 2.05) is 0 Å². The van der Waals surface area contributed by atoms with Crippen LogP contribution in [0.3, 0.4) is 0 Å². The maximum Gasteiger partial charge on any atom is 0.244 e. The van der Waals surface area contributed by atoms with Crippen LogP contribution >= 0.6 is 11.6 Å². The predicted octanol–water partition coefficient (Wildman–Crippen LogP) is 1.23. The smallest absolute Gasteiger partial charge is 0.244 e. The van der Waals surface area contributed by atoms with Gasteiger partial charge in [0.15, 0.2) is 5.82 Å². The molecule has 3 N–H and O–H groups in total. The van der Waals surface area contributed by atoms with E-state index in [2.05, 4.69) is 14.9 Å². The van der Waals surface area contributed by atoms with E-state index in [0.717, 1.165) is 12.1 Å². The lowest BCUT2D eigenvalue weighted by molar-refractivity contribution is 0.539. The van der Waals surface area contributed by atoms with Crippen molar-refractivity contribution in [1.29, 1.82) is 0 Å². The largest absolute Gasteiger partial charge is 0.396 e. The summed E-state index contributed by atoms with van der Waals surface area (Å²) < 4.78 is 42.3. The van der Waals surface area contributed by atoms with Crippen molar-refractivity contribution in [2.45, 2.75) is 17.9 Å². The van der Waals surface area contributed by atoms with Gasteiger partial charge in [-0.25, -0.2) is 17.5 Å². The van der Waals surface area contributed by atoms with Gasteiger partial charge in [0.2, 0.25) is 10.0 Å². The lowest BCUT2D eigenvalue weighted by Gasteiger charge is -2.14. The van der Waals surface area contributed by atoms with E-state index < -0.39 is 26.8 Å². The van der Waals surface area contributed by atoms with Gasteiger partial charge in [-0.3, -0.25) is 0 Å². The molecule has 1 atom stereocenters. The van der Waals surface area contributed by atoms with Crippen LogP contribution in [0.25, 0.3) is 0 Å². The zero-order valence-corrected chi connectivity index (χ0v) is 12.8. The van der Waals surface area contributed by atoms with Crippen molar-refractivity contribution in [2.75, 3.05) is 5.73 Å². The molecule has 0 aliphatic rings. The van der Waals surface area contributed by atoms with Crippen molar-refractivity contribution in [1.82, 2.24) is 19.5 Å². The minimum atomic E-state index is -4.15. The van der Waals surface area contributed by atoms with Gasteiger partial charge in [0, 0.05) is 12.1 Å². The standard InChI is InChI=1S/C11H13ClFN5O2S/c1-6(11-16-15-5-18(11)2)17-21(19,20)9-4-7(12)3-8(14)10(9)13/h3-6,17H,14H2,1-2H3. The zero-order chi connectivity index (χ0) is 15.8. The first-order chi connectivity index (χ1) is 9.72. The molecule has 0 aliphatic carbocycles. The second-order valence-electron chi connectivity index (χ2n) is 4.45. The fourth-order valence-corrected chi connectivity index (χ4v) is 3.44. The summed E-state index contributed by atoms with van der Waals surface area (Å²) in [6, 6.07) is 1.43. The molecule has 0 saturated carbocycles. The number of hydrogen-bond donors (Lipinski definition) is 2. The first-order valence-electron chi connectivity index (χ1n) is 5.83. The summed E-state index contributed by atoms with van der Waals surface area (Å²) in [5.41, 5.74) is 5.05. The molecular weight excluding hydrogens is 321 g/mol. The van der Waals surface area contributed by atoms with E-state index >= 15 is 0 Å². The highest BCUT2D eigenvalue weighted by atomic mass is 35.5. The Hall–Kier alpha value is -1.71. The molecule has 10 heteroatoms. The minimum Gasteiger partial charge on any atom is -0.396 e. The van der Waals surface area contributed by atoms with Crippen molar-refractivity contribution in [3.8, 4) is 0 Å². The van der Waals surface area contributed by atoms with Crippen LogP contribution in [0.5, 0.6) is 0 Å². The molecule has 7 nitrogen and oxygen atoms in total. The second-order valence-corrected chi connectivity index (χ2v) is 6.57. The Labute approximate surface area is 126 Å². The van der Waals surface area contributed by atoms with Crippen LogP contribution in [0.4, 0.5) is 10.1 Å². The van der Waals surface area contributed by atoms with Crippen molar-refractivity contribution in [3.63, 3.8) is 0 Å². The van der Waals surface area contributed by atoms with Gasteiger partial charge in [-0.2, -0.15) is 0 Å². The normalized spacial score (nSPS) is 13.3. The van der Waals surface area contributed by atoms with Crippen LogP contribution in [-0.4, -0.2) is 23.2 Å². The number of nitrogens with one attached hydrogen (secondary N) is 1. The molecule has 21 heavy (non-hydrogen) atoms. The summed E-state index contributed by atoms with van der Waals surface area (Å²) in [5, 5.41) is 7.48. The van der Waals surface area contributed by atoms with Crippen molar-refractivity contribution >= 4 is 27.3 Å². The Kier molecular flexibility index (Phi) is 4.17. The quantitative estimate of drug-likeness (QED) is 0.819. The van der Waals surface area contributed by atoms with Crippen molar-refractivity contribution in [2.24, 2.45) is 7.05 Å². The first kappa shape index (κ1) is 15.7. The van der Waals surface area contributed by atoms with Crippen LogP contribution in [0, 0.1) is 5.82 Å². The lowest BCUT2D eigenvalue weighted by Crippen LogP contribution is -2.29. The van der Waals surface area contributed by atoms with Crippen molar-refractivity contribution < 1.29 is 12.8 Å². The number of nitrogen functional groups attached to an aromatic ring is 1. The van der Waals surface area contributed by atoms with Gasteiger partial charge in [-0.05, 0) is 19.1 Å². The number of aromatic nitrogens is 3. The molecule has 1 heterocycles. The van der Waals surface area contributed by atoms with Gasteiger partial charge < -0.3 is 10.3 Å². The average molecular weight is 334 g/mol. The van der Waals surface area contributed by atoms with E-state index in [0.29, 0.717) is 5.82 Å². The van der Waals surface area contributed by atoms with E-state index in [4.69, 9.17) is 17.3 Å². The van der Waals surface area contributed by atoms with Gasteiger partial charge in [0.05, 0.1) is 11.7 Å². The highest BCUT2D eigenvalue weighted by molar-refractivity contribution is 7.89. The summed E-state index contributed by atoms with van der Waals surface area (Å²) >= 11 is 5.72. The SMILES string of the molecule is CC(NS(=O)(=O)c1cc(Cl)cc(N)c1F)c1nncn1C. The lowest BCUT2D eigenvalue weighted by atomic mass is 10.3. The Morgan fingerprint density at radius 2 is 2.14 bits per heavy atom. The van der Waals surface area contributed by atoms with Gasteiger partial charge in [-0.15, -0.1) is 10.2 Å². The first-order valence-corrected chi connectivity index (χ1v) is 7.69. The average Bonchev–Trinajstić information content (AvgIpc) is 2.79. The highest BCUT2D eigenvalue weighted by Crippen LogP contribution is 2.26. The Bertz CT molecular complexity index is 777. The molecule has 0 saturated heterocycles. The summed E-state index contributed by atoms with van der Waals surface area (Å²) in [6.07, 6.45) is 1.43. The molecule has 2 aromatic rings. The summed E-state index contributed by atoms with van der Waals surface area (Å²) in [5.74, 6) is -0.661. The molecule has 0 amide bonds. The second kappa shape index (κ2) is 5.58. The van der Waals surface area contributed by atoms with Gasteiger partial charge >= 0.3 is 0 Å². The molecule has 0 bridgehead atoms. The number of benzene rings is 1. The molecular formula is C11H13ClFN5O2S. The van der Waals surface area contributed by atoms with Crippen LogP contribution in [-0.2, 0) is 17.1 Å². The number of sulfonamides is 1. The number of anilines is 1. The molecule has 0 radical (unpaired) electrons. The maximum absolute atomic E-state index is 13.9. The van der Waals surface area contributed by atoms with Crippen LogP contribution in [0.1, 0.15) is 18.8 Å². The zero-order valence-electron chi connectivity index (χ0n) is 11.2. The summed E-state index contributed by atoms with van der Waals surface area (Å²) in [4.78, 5) is -0.610. The topological polar surface area (TPSA) is 103 Å². The molecule has 0 spiro atoms. The number of aryl methyl sites for hydroxylation is 1. The van der Waals surface area contributed by atoms with Crippen LogP contribution in [0.15, 0.2) is 23.4 Å². The third-order valence-electron chi connectivity index (χ3n) is 2.79. The van der Waals surface area contributed by atoms with Crippen LogP contribution < -0.4 is 10.5 Å². The van der Waals surface area contributed by atoms with E-state index in [-0.39, 0.29) is 10.7 Å². The summed E-state index contributed by atoms with van der Waals surface area (Å²) in [6.45, 7) is 1.56. The molecule has 0 fully saturated rings. The number of nitrogens with two attached hydrogens (primary N) is 1. The third kappa shape index (κ3) is 3.14. The fourth-order valence-electron chi connectivity index (χ4n) is 1.81.